The molecule has 0 saturated carbocycles. The molecule has 0 unspecified atom stereocenters. The van der Waals surface area contributed by atoms with Crippen molar-refractivity contribution in [2.24, 2.45) is 0 Å². The van der Waals surface area contributed by atoms with Crippen molar-refractivity contribution in [3.63, 3.8) is 0 Å². The van der Waals surface area contributed by atoms with Gasteiger partial charge >= 0.3 is 23.9 Å². The van der Waals surface area contributed by atoms with Crippen molar-refractivity contribution in [2.45, 2.75) is 0 Å². The Morgan fingerprint density at radius 2 is 0.560 bits per heavy atom. The first-order valence-electron chi connectivity index (χ1n) is 6.35. The Balaban J connectivity index is 0.000000443. The molecule has 0 fully saturated rings. The zero-order valence-corrected chi connectivity index (χ0v) is 13.9. The van der Waals surface area contributed by atoms with Crippen molar-refractivity contribution in [3.8, 4) is 0 Å². The molecular formula is C16H12O8V. The summed E-state index contributed by atoms with van der Waals surface area (Å²) in [5.41, 5.74) is 0.333. The van der Waals surface area contributed by atoms with E-state index >= 15 is 0 Å². The fourth-order valence-electron chi connectivity index (χ4n) is 1.51. The predicted molar refractivity (Wildman–Crippen MR) is 80.7 cm³/mol. The van der Waals surface area contributed by atoms with Crippen LogP contribution < -0.4 is 0 Å². The summed E-state index contributed by atoms with van der Waals surface area (Å²) >= 11 is 0. The van der Waals surface area contributed by atoms with Crippen LogP contribution in [0.15, 0.2) is 48.5 Å². The Morgan fingerprint density at radius 3 is 0.640 bits per heavy atom. The standard InChI is InChI=1S/2C8H6O4.V/c2*9-7(10)5-1-2-6(4-3-5)8(11)12;/h2*1-4H,(H,9,10)(H,11,12);. The minimum absolute atomic E-state index is 0. The molecule has 129 valence electrons. The van der Waals surface area contributed by atoms with Crippen molar-refractivity contribution < 1.29 is 58.2 Å². The van der Waals surface area contributed by atoms with Gasteiger partial charge in [-0.2, -0.15) is 0 Å². The molecule has 0 aliphatic heterocycles. The first-order chi connectivity index (χ1) is 11.2. The van der Waals surface area contributed by atoms with E-state index in [1.54, 1.807) is 0 Å². The van der Waals surface area contributed by atoms with Gasteiger partial charge in [0, 0.05) is 18.6 Å². The van der Waals surface area contributed by atoms with Crippen LogP contribution >= 0.6 is 0 Å². The first kappa shape index (κ1) is 21.9. The SMILES string of the molecule is O=C(O)c1ccc(C(=O)O)cc1.O=C(O)c1ccc(C(=O)O)cc1.[V]. The summed E-state index contributed by atoms with van der Waals surface area (Å²) in [5.74, 6) is -4.25. The van der Waals surface area contributed by atoms with E-state index < -0.39 is 23.9 Å². The van der Waals surface area contributed by atoms with E-state index in [2.05, 4.69) is 0 Å². The molecule has 2 rings (SSSR count). The molecular weight excluding hydrogens is 371 g/mol. The average Bonchev–Trinajstić information content (AvgIpc) is 2.55. The minimum atomic E-state index is -1.06. The number of carboxylic acid groups (broad SMARTS) is 4. The molecule has 0 heterocycles. The van der Waals surface area contributed by atoms with E-state index in [0.717, 1.165) is 0 Å². The van der Waals surface area contributed by atoms with E-state index in [1.807, 2.05) is 0 Å². The van der Waals surface area contributed by atoms with Crippen molar-refractivity contribution in [1.29, 1.82) is 0 Å². The van der Waals surface area contributed by atoms with Crippen LogP contribution in [0, 0.1) is 0 Å². The quantitative estimate of drug-likeness (QED) is 0.627. The van der Waals surface area contributed by atoms with Crippen molar-refractivity contribution in [1.82, 2.24) is 0 Å². The second-order valence-electron chi connectivity index (χ2n) is 4.38. The molecule has 0 saturated heterocycles. The zero-order chi connectivity index (χ0) is 18.3. The molecule has 9 heteroatoms. The third kappa shape index (κ3) is 6.90. The molecule has 0 bridgehead atoms. The molecule has 0 amide bonds. The smallest absolute Gasteiger partial charge is 0.335 e. The van der Waals surface area contributed by atoms with Crippen molar-refractivity contribution in [3.05, 3.63) is 70.8 Å². The maximum atomic E-state index is 10.3. The summed E-state index contributed by atoms with van der Waals surface area (Å²) in [6, 6.07) is 10.0. The van der Waals surface area contributed by atoms with Gasteiger partial charge in [-0.05, 0) is 48.5 Å². The minimum Gasteiger partial charge on any atom is -0.478 e. The van der Waals surface area contributed by atoms with Crippen LogP contribution in [0.2, 0.25) is 0 Å². The van der Waals surface area contributed by atoms with Gasteiger partial charge < -0.3 is 20.4 Å². The summed E-state index contributed by atoms with van der Waals surface area (Å²) in [6.45, 7) is 0. The number of hydrogen-bond acceptors (Lipinski definition) is 4. The molecule has 8 nitrogen and oxygen atoms in total. The summed E-state index contributed by atoms with van der Waals surface area (Å²) in [5, 5.41) is 33.9. The summed E-state index contributed by atoms with van der Waals surface area (Å²) in [4.78, 5) is 41.3. The van der Waals surface area contributed by atoms with Crippen molar-refractivity contribution >= 4 is 23.9 Å². The van der Waals surface area contributed by atoms with E-state index in [1.165, 1.54) is 48.5 Å². The Labute approximate surface area is 153 Å². The van der Waals surface area contributed by atoms with Crippen LogP contribution in [0.25, 0.3) is 0 Å². The van der Waals surface area contributed by atoms with Gasteiger partial charge in [-0.15, -0.1) is 0 Å². The van der Waals surface area contributed by atoms with Gasteiger partial charge in [0.15, 0.2) is 0 Å². The number of carbonyl (C=O) groups is 4. The molecule has 25 heavy (non-hydrogen) atoms. The summed E-state index contributed by atoms with van der Waals surface area (Å²) < 4.78 is 0. The molecule has 0 spiro atoms. The largest absolute Gasteiger partial charge is 0.478 e. The number of aromatic carboxylic acids is 4. The van der Waals surface area contributed by atoms with Gasteiger partial charge in [-0.25, -0.2) is 19.2 Å². The predicted octanol–water partition coefficient (Wildman–Crippen LogP) is 2.16. The van der Waals surface area contributed by atoms with Crippen LogP contribution in [-0.4, -0.2) is 44.3 Å². The number of benzene rings is 2. The van der Waals surface area contributed by atoms with Gasteiger partial charge in [0.2, 0.25) is 0 Å². The van der Waals surface area contributed by atoms with Gasteiger partial charge in [0.25, 0.3) is 0 Å². The van der Waals surface area contributed by atoms with E-state index in [-0.39, 0.29) is 40.8 Å². The fraction of sp³-hybridized carbons (Fsp3) is 0. The van der Waals surface area contributed by atoms with Crippen LogP contribution in [0.1, 0.15) is 41.4 Å². The third-order valence-corrected chi connectivity index (χ3v) is 2.76. The van der Waals surface area contributed by atoms with E-state index in [9.17, 15) is 19.2 Å². The molecule has 2 aromatic rings. The maximum absolute atomic E-state index is 10.3. The summed E-state index contributed by atoms with van der Waals surface area (Å²) in [6.07, 6.45) is 0. The number of carboxylic acids is 4. The van der Waals surface area contributed by atoms with Gasteiger partial charge in [-0.3, -0.25) is 0 Å². The van der Waals surface area contributed by atoms with Gasteiger partial charge in [0.05, 0.1) is 22.3 Å². The Bertz CT molecular complexity index is 632. The molecule has 1 radical (unpaired) electrons. The monoisotopic (exact) mass is 383 g/mol. The Hall–Kier alpha value is -3.10. The van der Waals surface area contributed by atoms with Crippen LogP contribution in [0.3, 0.4) is 0 Å². The number of rotatable bonds is 4. The Morgan fingerprint density at radius 1 is 0.440 bits per heavy atom. The topological polar surface area (TPSA) is 149 Å². The van der Waals surface area contributed by atoms with Crippen LogP contribution in [0.5, 0.6) is 0 Å². The zero-order valence-electron chi connectivity index (χ0n) is 12.5. The number of hydrogen-bond donors (Lipinski definition) is 4. The molecule has 2 aromatic carbocycles. The molecule has 0 aromatic heterocycles. The van der Waals surface area contributed by atoms with E-state index in [4.69, 9.17) is 20.4 Å². The Kier molecular flexibility index (Phi) is 8.69. The third-order valence-electron chi connectivity index (χ3n) is 2.76. The molecule has 0 aliphatic carbocycles. The van der Waals surface area contributed by atoms with Gasteiger partial charge in [-0.1, -0.05) is 0 Å². The molecule has 0 atom stereocenters. The fourth-order valence-corrected chi connectivity index (χ4v) is 1.51. The van der Waals surface area contributed by atoms with E-state index in [0.29, 0.717) is 0 Å². The van der Waals surface area contributed by atoms with Crippen LogP contribution in [0.4, 0.5) is 0 Å². The van der Waals surface area contributed by atoms with Crippen LogP contribution in [-0.2, 0) is 18.6 Å². The average molecular weight is 383 g/mol. The second kappa shape index (κ2) is 9.91. The molecule has 4 N–H and O–H groups in total. The first-order valence-corrected chi connectivity index (χ1v) is 6.35. The molecule has 0 aliphatic rings. The normalized spacial score (nSPS) is 8.96. The second-order valence-corrected chi connectivity index (χ2v) is 4.38. The van der Waals surface area contributed by atoms with Gasteiger partial charge in [0.1, 0.15) is 0 Å². The summed E-state index contributed by atoms with van der Waals surface area (Å²) in [7, 11) is 0. The maximum Gasteiger partial charge on any atom is 0.335 e. The van der Waals surface area contributed by atoms with Crippen molar-refractivity contribution in [2.75, 3.05) is 0 Å².